The minimum Gasteiger partial charge on any atom is -0.508 e. The van der Waals surface area contributed by atoms with Crippen molar-refractivity contribution in [3.05, 3.63) is 77.0 Å². The quantitative estimate of drug-likeness (QED) is 0.426. The van der Waals surface area contributed by atoms with Crippen LogP contribution in [0.15, 0.2) is 65.9 Å². The number of phenolic OH excluding ortho intramolecular Hbond substituents is 1. The lowest BCUT2D eigenvalue weighted by Gasteiger charge is -2.49. The van der Waals surface area contributed by atoms with E-state index in [1.165, 1.54) is 40.9 Å². The van der Waals surface area contributed by atoms with Gasteiger partial charge in [0.1, 0.15) is 35.5 Å². The number of aliphatic carboxylic acids is 1. The van der Waals surface area contributed by atoms with Gasteiger partial charge in [-0.25, -0.2) is 9.59 Å². The summed E-state index contributed by atoms with van der Waals surface area (Å²) in [6, 6.07) is 12.5. The molecule has 0 radical (unpaired) electrons. The van der Waals surface area contributed by atoms with E-state index >= 15 is 0 Å². The number of carbonyl (C=O) groups excluding carboxylic acids is 3. The number of aromatic hydroxyl groups is 1. The van der Waals surface area contributed by atoms with Gasteiger partial charge in [0.05, 0.1) is 0 Å². The third-order valence-corrected chi connectivity index (χ3v) is 7.05. The van der Waals surface area contributed by atoms with Crippen LogP contribution in [-0.4, -0.2) is 56.2 Å². The standard InChI is InChI=1S/C24H23N3O7S/c1-13-12-35-22-18(21(30)27(22)19(13)23(31)32)25-20(29)17(15-7-9-16(28)10-8-15)26-24(33)34-11-14-5-3-2-4-6-14/h2-10,17-18,22,28H,11-12H2,1H3,(H,25,29)(H,26,33)(H,31,32)/t17?,18?,22-/m1/s1. The Balaban J connectivity index is 1.47. The van der Waals surface area contributed by atoms with Crippen molar-refractivity contribution in [3.63, 3.8) is 0 Å². The highest BCUT2D eigenvalue weighted by Gasteiger charge is 2.54. The number of benzene rings is 2. The van der Waals surface area contributed by atoms with Crippen LogP contribution in [0, 0.1) is 0 Å². The van der Waals surface area contributed by atoms with E-state index in [9.17, 15) is 29.4 Å². The molecule has 2 aliphatic heterocycles. The summed E-state index contributed by atoms with van der Waals surface area (Å²) in [6.45, 7) is 1.65. The molecule has 3 atom stereocenters. The second-order valence-corrected chi connectivity index (χ2v) is 9.17. The number of thioether (sulfide) groups is 1. The van der Waals surface area contributed by atoms with E-state index in [2.05, 4.69) is 10.6 Å². The lowest BCUT2D eigenvalue weighted by molar-refractivity contribution is -0.151. The Labute approximate surface area is 204 Å². The second kappa shape index (κ2) is 10.1. The van der Waals surface area contributed by atoms with E-state index in [1.54, 1.807) is 31.2 Å². The molecule has 11 heteroatoms. The van der Waals surface area contributed by atoms with E-state index in [4.69, 9.17) is 4.74 Å². The Hall–Kier alpha value is -3.99. The predicted octanol–water partition coefficient (Wildman–Crippen LogP) is 2.12. The molecule has 2 aromatic rings. The average molecular weight is 498 g/mol. The number of carboxylic acid groups (broad SMARTS) is 1. The Kier molecular flexibility index (Phi) is 6.97. The summed E-state index contributed by atoms with van der Waals surface area (Å²) in [7, 11) is 0. The minimum atomic E-state index is -1.22. The first-order valence-corrected chi connectivity index (χ1v) is 11.8. The number of hydrogen-bond donors (Lipinski definition) is 4. The zero-order chi connectivity index (χ0) is 25.1. The molecule has 0 aromatic heterocycles. The van der Waals surface area contributed by atoms with Crippen LogP contribution in [-0.2, 0) is 25.7 Å². The van der Waals surface area contributed by atoms with Gasteiger partial charge in [0.25, 0.3) is 5.91 Å². The van der Waals surface area contributed by atoms with Gasteiger partial charge in [0.15, 0.2) is 0 Å². The lowest BCUT2D eigenvalue weighted by atomic mass is 10.0. The summed E-state index contributed by atoms with van der Waals surface area (Å²) < 4.78 is 5.23. The van der Waals surface area contributed by atoms with Crippen LogP contribution in [0.1, 0.15) is 24.1 Å². The number of nitrogens with one attached hydrogen (secondary N) is 2. The fourth-order valence-electron chi connectivity index (χ4n) is 3.86. The molecule has 1 fully saturated rings. The third-order valence-electron chi connectivity index (χ3n) is 5.62. The van der Waals surface area contributed by atoms with Crippen molar-refractivity contribution < 1.29 is 34.1 Å². The number of carboxylic acids is 1. The van der Waals surface area contributed by atoms with Gasteiger partial charge in [0, 0.05) is 5.75 Å². The van der Waals surface area contributed by atoms with Crippen molar-refractivity contribution in [2.45, 2.75) is 31.0 Å². The van der Waals surface area contributed by atoms with Crippen LogP contribution >= 0.6 is 11.8 Å². The first-order chi connectivity index (χ1) is 16.8. The smallest absolute Gasteiger partial charge is 0.408 e. The predicted molar refractivity (Wildman–Crippen MR) is 126 cm³/mol. The van der Waals surface area contributed by atoms with E-state index in [1.807, 2.05) is 6.07 Å². The molecular weight excluding hydrogens is 474 g/mol. The van der Waals surface area contributed by atoms with E-state index in [0.717, 1.165) is 5.56 Å². The molecule has 4 rings (SSSR count). The van der Waals surface area contributed by atoms with Gasteiger partial charge in [-0.05, 0) is 35.8 Å². The number of amides is 3. The number of carbonyl (C=O) groups is 4. The summed E-state index contributed by atoms with van der Waals surface area (Å²) in [5.74, 6) is -2.02. The van der Waals surface area contributed by atoms with Crippen LogP contribution in [0.5, 0.6) is 5.75 Å². The molecule has 0 bridgehead atoms. The summed E-state index contributed by atoms with van der Waals surface area (Å²) >= 11 is 1.35. The van der Waals surface area contributed by atoms with Gasteiger partial charge in [-0.3, -0.25) is 14.5 Å². The highest BCUT2D eigenvalue weighted by atomic mass is 32.2. The molecule has 0 saturated carbocycles. The molecule has 0 aliphatic carbocycles. The Bertz CT molecular complexity index is 1180. The Morgan fingerprint density at radius 2 is 1.83 bits per heavy atom. The Morgan fingerprint density at radius 1 is 1.14 bits per heavy atom. The minimum absolute atomic E-state index is 0.00493. The Morgan fingerprint density at radius 3 is 2.49 bits per heavy atom. The van der Waals surface area contributed by atoms with Crippen molar-refractivity contribution in [3.8, 4) is 5.75 Å². The fourth-order valence-corrected chi connectivity index (χ4v) is 5.15. The van der Waals surface area contributed by atoms with E-state index < -0.39 is 41.3 Å². The molecule has 2 aliphatic rings. The van der Waals surface area contributed by atoms with Crippen molar-refractivity contribution in [1.82, 2.24) is 15.5 Å². The summed E-state index contributed by atoms with van der Waals surface area (Å²) in [5, 5.41) is 23.7. The maximum absolute atomic E-state index is 13.2. The SMILES string of the molecule is CC1=C(C(=O)O)N2C(=O)C(NC(=O)C(NC(=O)OCc3ccccc3)c3ccc(O)cc3)[C@H]2SC1. The van der Waals surface area contributed by atoms with Gasteiger partial charge in [0.2, 0.25) is 5.91 Å². The van der Waals surface area contributed by atoms with Crippen LogP contribution in [0.25, 0.3) is 0 Å². The molecular formula is C24H23N3O7S. The lowest BCUT2D eigenvalue weighted by Crippen LogP contribution is -2.71. The van der Waals surface area contributed by atoms with Crippen molar-refractivity contribution in [2.24, 2.45) is 0 Å². The summed E-state index contributed by atoms with van der Waals surface area (Å²) in [5.41, 5.74) is 1.63. The number of phenols is 1. The van der Waals surface area contributed by atoms with Gasteiger partial charge < -0.3 is 25.6 Å². The number of nitrogens with zero attached hydrogens (tertiary/aromatic N) is 1. The second-order valence-electron chi connectivity index (χ2n) is 8.06. The number of fused-ring (bicyclic) bond motifs is 1. The van der Waals surface area contributed by atoms with Crippen molar-refractivity contribution >= 4 is 35.6 Å². The number of β-lactam (4-membered cyclic amide) rings is 1. The number of alkyl carbamates (subject to hydrolysis) is 1. The monoisotopic (exact) mass is 497 g/mol. The van der Waals surface area contributed by atoms with Crippen molar-refractivity contribution in [2.75, 3.05) is 5.75 Å². The normalized spacial score (nSPS) is 19.8. The highest BCUT2D eigenvalue weighted by Crippen LogP contribution is 2.40. The van der Waals surface area contributed by atoms with Crippen molar-refractivity contribution in [1.29, 1.82) is 0 Å². The topological polar surface area (TPSA) is 145 Å². The third kappa shape index (κ3) is 5.09. The van der Waals surface area contributed by atoms with Gasteiger partial charge in [-0.1, -0.05) is 42.5 Å². The molecule has 182 valence electrons. The summed E-state index contributed by atoms with van der Waals surface area (Å²) in [4.78, 5) is 51.2. The number of hydrogen-bond acceptors (Lipinski definition) is 7. The largest absolute Gasteiger partial charge is 0.508 e. The molecule has 2 unspecified atom stereocenters. The first-order valence-electron chi connectivity index (χ1n) is 10.7. The molecule has 0 spiro atoms. The van der Waals surface area contributed by atoms with Crippen LogP contribution < -0.4 is 10.6 Å². The van der Waals surface area contributed by atoms with Gasteiger partial charge in [-0.2, -0.15) is 0 Å². The van der Waals surface area contributed by atoms with Crippen LogP contribution in [0.3, 0.4) is 0 Å². The molecule has 2 heterocycles. The van der Waals surface area contributed by atoms with Gasteiger partial charge >= 0.3 is 12.1 Å². The zero-order valence-corrected chi connectivity index (χ0v) is 19.5. The molecule has 4 N–H and O–H groups in total. The maximum Gasteiger partial charge on any atom is 0.408 e. The van der Waals surface area contributed by atoms with Crippen LogP contribution in [0.2, 0.25) is 0 Å². The van der Waals surface area contributed by atoms with E-state index in [-0.39, 0.29) is 18.1 Å². The average Bonchev–Trinajstić information content (AvgIpc) is 2.85. The van der Waals surface area contributed by atoms with E-state index in [0.29, 0.717) is 16.9 Å². The summed E-state index contributed by atoms with van der Waals surface area (Å²) in [6.07, 6.45) is -0.845. The first kappa shape index (κ1) is 24.1. The molecule has 10 nitrogen and oxygen atoms in total. The van der Waals surface area contributed by atoms with Gasteiger partial charge in [-0.15, -0.1) is 11.8 Å². The number of ether oxygens (including phenoxy) is 1. The van der Waals surface area contributed by atoms with Crippen LogP contribution in [0.4, 0.5) is 4.79 Å². The fraction of sp³-hybridized carbons (Fsp3) is 0.250. The molecule has 2 aromatic carbocycles. The molecule has 35 heavy (non-hydrogen) atoms. The number of rotatable bonds is 7. The molecule has 1 saturated heterocycles. The highest BCUT2D eigenvalue weighted by molar-refractivity contribution is 8.00. The maximum atomic E-state index is 13.2. The zero-order valence-electron chi connectivity index (χ0n) is 18.6. The molecule has 3 amide bonds.